The third-order valence-electron chi connectivity index (χ3n) is 2.36. The van der Waals surface area contributed by atoms with Gasteiger partial charge in [-0.2, -0.15) is 15.0 Å². The van der Waals surface area contributed by atoms with Gasteiger partial charge in [0.05, 0.1) is 0 Å². The quantitative estimate of drug-likeness (QED) is 0.629. The monoisotopic (exact) mass is 194 g/mol. The van der Waals surface area contributed by atoms with Crippen LogP contribution in [0.15, 0.2) is 0 Å². The van der Waals surface area contributed by atoms with Gasteiger partial charge < -0.3 is 16.8 Å². The molecule has 76 valence electrons. The molecule has 2 rings (SSSR count). The first-order valence-corrected chi connectivity index (χ1v) is 4.77. The summed E-state index contributed by atoms with van der Waals surface area (Å²) in [5.74, 6) is 0.817. The Morgan fingerprint density at radius 3 is 2.14 bits per heavy atom. The first-order chi connectivity index (χ1) is 6.74. The molecule has 1 fully saturated rings. The van der Waals surface area contributed by atoms with Gasteiger partial charge in [-0.1, -0.05) is 12.8 Å². The Balaban J connectivity index is 2.07. The summed E-state index contributed by atoms with van der Waals surface area (Å²) >= 11 is 0. The summed E-state index contributed by atoms with van der Waals surface area (Å²) in [4.78, 5) is 11.6. The summed E-state index contributed by atoms with van der Waals surface area (Å²) in [6.45, 7) is 0. The fourth-order valence-electron chi connectivity index (χ4n) is 1.73. The van der Waals surface area contributed by atoms with Crippen molar-refractivity contribution in [3.8, 4) is 0 Å². The van der Waals surface area contributed by atoms with Crippen LogP contribution in [-0.2, 0) is 0 Å². The molecule has 1 heterocycles. The molecule has 0 atom stereocenters. The van der Waals surface area contributed by atoms with Crippen molar-refractivity contribution >= 4 is 17.8 Å². The standard InChI is InChI=1S/C8H14N6/c9-6-12-7(10)14-8(13-6)11-5-3-1-2-4-5/h5H,1-4H2,(H5,9,10,11,12,13,14). The Labute approximate surface area is 82.1 Å². The van der Waals surface area contributed by atoms with Crippen LogP contribution >= 0.6 is 0 Å². The van der Waals surface area contributed by atoms with E-state index in [1.165, 1.54) is 12.8 Å². The lowest BCUT2D eigenvalue weighted by Crippen LogP contribution is -2.18. The number of nitrogen functional groups attached to an aromatic ring is 2. The topological polar surface area (TPSA) is 103 Å². The SMILES string of the molecule is Nc1nc(N)nc(NC2CCCC2)n1. The van der Waals surface area contributed by atoms with E-state index in [-0.39, 0.29) is 11.9 Å². The Morgan fingerprint density at radius 2 is 1.57 bits per heavy atom. The molecular formula is C8H14N6. The highest BCUT2D eigenvalue weighted by molar-refractivity contribution is 5.37. The van der Waals surface area contributed by atoms with Crippen LogP contribution in [-0.4, -0.2) is 21.0 Å². The van der Waals surface area contributed by atoms with Gasteiger partial charge in [0.25, 0.3) is 0 Å². The predicted octanol–water partition coefficient (Wildman–Crippen LogP) is 0.390. The van der Waals surface area contributed by atoms with Gasteiger partial charge in [0.15, 0.2) is 0 Å². The number of hydrogen-bond acceptors (Lipinski definition) is 6. The molecule has 0 saturated heterocycles. The highest BCUT2D eigenvalue weighted by Gasteiger charge is 2.15. The molecule has 0 bridgehead atoms. The average molecular weight is 194 g/mol. The molecule has 5 N–H and O–H groups in total. The molecule has 1 saturated carbocycles. The molecule has 0 radical (unpaired) electrons. The van der Waals surface area contributed by atoms with E-state index in [9.17, 15) is 0 Å². The molecule has 6 heteroatoms. The second kappa shape index (κ2) is 3.65. The summed E-state index contributed by atoms with van der Waals surface area (Å²) in [6, 6.07) is 0.455. The van der Waals surface area contributed by atoms with Gasteiger partial charge in [-0.05, 0) is 12.8 Å². The Morgan fingerprint density at radius 1 is 1.00 bits per heavy atom. The average Bonchev–Trinajstić information content (AvgIpc) is 2.54. The minimum absolute atomic E-state index is 0.165. The fraction of sp³-hybridized carbons (Fsp3) is 0.625. The third kappa shape index (κ3) is 2.01. The van der Waals surface area contributed by atoms with Crippen LogP contribution < -0.4 is 16.8 Å². The van der Waals surface area contributed by atoms with Gasteiger partial charge in [0, 0.05) is 6.04 Å². The number of nitrogens with two attached hydrogens (primary N) is 2. The summed E-state index contributed by atoms with van der Waals surface area (Å²) in [6.07, 6.45) is 4.83. The fourth-order valence-corrected chi connectivity index (χ4v) is 1.73. The Kier molecular flexibility index (Phi) is 2.34. The predicted molar refractivity (Wildman–Crippen MR) is 54.5 cm³/mol. The van der Waals surface area contributed by atoms with Gasteiger partial charge in [-0.25, -0.2) is 0 Å². The molecule has 14 heavy (non-hydrogen) atoms. The van der Waals surface area contributed by atoms with Crippen LogP contribution in [0.1, 0.15) is 25.7 Å². The largest absolute Gasteiger partial charge is 0.368 e. The van der Waals surface area contributed by atoms with Gasteiger partial charge in [0.2, 0.25) is 17.8 Å². The first-order valence-electron chi connectivity index (χ1n) is 4.77. The lowest BCUT2D eigenvalue weighted by Gasteiger charge is -2.11. The van der Waals surface area contributed by atoms with E-state index in [0.29, 0.717) is 12.0 Å². The maximum Gasteiger partial charge on any atom is 0.229 e. The van der Waals surface area contributed by atoms with Crippen molar-refractivity contribution in [1.82, 2.24) is 15.0 Å². The highest BCUT2D eigenvalue weighted by Crippen LogP contribution is 2.20. The molecule has 0 aromatic carbocycles. The van der Waals surface area contributed by atoms with E-state index in [0.717, 1.165) is 12.8 Å². The van der Waals surface area contributed by atoms with E-state index in [1.54, 1.807) is 0 Å². The van der Waals surface area contributed by atoms with Crippen LogP contribution in [0.25, 0.3) is 0 Å². The molecule has 6 nitrogen and oxygen atoms in total. The lowest BCUT2D eigenvalue weighted by atomic mass is 10.3. The smallest absolute Gasteiger partial charge is 0.229 e. The number of anilines is 3. The van der Waals surface area contributed by atoms with Gasteiger partial charge >= 0.3 is 0 Å². The van der Waals surface area contributed by atoms with E-state index >= 15 is 0 Å². The third-order valence-corrected chi connectivity index (χ3v) is 2.36. The van der Waals surface area contributed by atoms with Crippen LogP contribution in [0.2, 0.25) is 0 Å². The maximum absolute atomic E-state index is 5.45. The van der Waals surface area contributed by atoms with E-state index in [2.05, 4.69) is 20.3 Å². The van der Waals surface area contributed by atoms with Crippen molar-refractivity contribution in [1.29, 1.82) is 0 Å². The molecule has 1 aliphatic rings. The van der Waals surface area contributed by atoms with Crippen LogP contribution in [0.3, 0.4) is 0 Å². The number of rotatable bonds is 2. The normalized spacial score (nSPS) is 17.1. The summed E-state index contributed by atoms with van der Waals surface area (Å²) in [5.41, 5.74) is 10.9. The summed E-state index contributed by atoms with van der Waals surface area (Å²) in [5, 5.41) is 3.20. The Hall–Kier alpha value is -1.59. The van der Waals surface area contributed by atoms with Crippen LogP contribution in [0.4, 0.5) is 17.8 Å². The molecule has 0 amide bonds. The molecule has 0 aliphatic heterocycles. The number of hydrogen-bond donors (Lipinski definition) is 3. The van der Waals surface area contributed by atoms with Gasteiger partial charge in [-0.3, -0.25) is 0 Å². The molecule has 1 aromatic rings. The van der Waals surface area contributed by atoms with Crippen LogP contribution in [0, 0.1) is 0 Å². The van der Waals surface area contributed by atoms with E-state index < -0.39 is 0 Å². The second-order valence-electron chi connectivity index (χ2n) is 3.50. The van der Waals surface area contributed by atoms with Crippen LogP contribution in [0.5, 0.6) is 0 Å². The minimum atomic E-state index is 0.165. The van der Waals surface area contributed by atoms with Gasteiger partial charge in [0.1, 0.15) is 0 Å². The molecular weight excluding hydrogens is 180 g/mol. The van der Waals surface area contributed by atoms with E-state index in [4.69, 9.17) is 11.5 Å². The minimum Gasteiger partial charge on any atom is -0.368 e. The zero-order chi connectivity index (χ0) is 9.97. The molecule has 0 unspecified atom stereocenters. The number of aromatic nitrogens is 3. The van der Waals surface area contributed by atoms with Crippen molar-refractivity contribution < 1.29 is 0 Å². The Bertz CT molecular complexity index is 299. The second-order valence-corrected chi connectivity index (χ2v) is 3.50. The van der Waals surface area contributed by atoms with Gasteiger partial charge in [-0.15, -0.1) is 0 Å². The van der Waals surface area contributed by atoms with Crippen molar-refractivity contribution in [2.45, 2.75) is 31.7 Å². The lowest BCUT2D eigenvalue weighted by molar-refractivity contribution is 0.743. The van der Waals surface area contributed by atoms with Crippen molar-refractivity contribution in [3.63, 3.8) is 0 Å². The molecule has 1 aromatic heterocycles. The van der Waals surface area contributed by atoms with Crippen molar-refractivity contribution in [3.05, 3.63) is 0 Å². The van der Waals surface area contributed by atoms with Crippen molar-refractivity contribution in [2.75, 3.05) is 16.8 Å². The molecule has 1 aliphatic carbocycles. The number of nitrogens with zero attached hydrogens (tertiary/aromatic N) is 3. The molecule has 0 spiro atoms. The van der Waals surface area contributed by atoms with E-state index in [1.807, 2.05) is 0 Å². The number of nitrogens with one attached hydrogen (secondary N) is 1. The highest BCUT2D eigenvalue weighted by atomic mass is 15.2. The summed E-state index contributed by atoms with van der Waals surface area (Å²) in [7, 11) is 0. The zero-order valence-corrected chi connectivity index (χ0v) is 7.90. The van der Waals surface area contributed by atoms with Crippen molar-refractivity contribution in [2.24, 2.45) is 0 Å². The summed E-state index contributed by atoms with van der Waals surface area (Å²) < 4.78 is 0. The first kappa shape index (κ1) is 8.98. The zero-order valence-electron chi connectivity index (χ0n) is 7.90. The maximum atomic E-state index is 5.45.